The normalized spacial score (nSPS) is 12.3. The van der Waals surface area contributed by atoms with E-state index < -0.39 is 25.8 Å². The summed E-state index contributed by atoms with van der Waals surface area (Å²) in [5.41, 5.74) is 1.16. The Labute approximate surface area is 173 Å². The summed E-state index contributed by atoms with van der Waals surface area (Å²) in [4.78, 5) is 11.0. The molecule has 0 spiro atoms. The van der Waals surface area contributed by atoms with Crippen molar-refractivity contribution in [2.45, 2.75) is 29.9 Å². The number of thiophene rings is 1. The van der Waals surface area contributed by atoms with E-state index >= 15 is 0 Å². The van der Waals surface area contributed by atoms with Crippen molar-refractivity contribution in [3.8, 4) is 0 Å². The Morgan fingerprint density at radius 1 is 1.00 bits per heavy atom. The van der Waals surface area contributed by atoms with Crippen molar-refractivity contribution in [3.05, 3.63) is 52.6 Å². The number of rotatable bonds is 5. The summed E-state index contributed by atoms with van der Waals surface area (Å²) in [6.45, 7) is 4.95. The number of sulfone groups is 1. The molecule has 154 valence electrons. The Balaban J connectivity index is 2.18. The fourth-order valence-corrected chi connectivity index (χ4v) is 7.31. The molecule has 2 N–H and O–H groups in total. The zero-order valence-electron chi connectivity index (χ0n) is 16.1. The third-order valence-electron chi connectivity index (χ3n) is 4.54. The molecule has 3 rings (SSSR count). The van der Waals surface area contributed by atoms with Crippen LogP contribution in [0.2, 0.25) is 0 Å². The molecule has 3 aromatic rings. The van der Waals surface area contributed by atoms with Gasteiger partial charge in [0.25, 0.3) is 10.0 Å². The quantitative estimate of drug-likeness (QED) is 0.608. The molecular weight excluding hydrogens is 434 g/mol. The SMILES string of the molecule is Cc1ccc2sc(S(=O)(=O)Nc3ccc(C(=O)O)c(C)c3S(C)(=O)=O)c(C)c2c1. The van der Waals surface area contributed by atoms with Crippen molar-refractivity contribution >= 4 is 52.9 Å². The first-order valence-electron chi connectivity index (χ1n) is 8.42. The molecule has 0 aliphatic carbocycles. The van der Waals surface area contributed by atoms with E-state index in [1.165, 1.54) is 13.0 Å². The molecule has 0 atom stereocenters. The summed E-state index contributed by atoms with van der Waals surface area (Å²) < 4.78 is 54.0. The number of hydrogen-bond acceptors (Lipinski definition) is 6. The van der Waals surface area contributed by atoms with Crippen LogP contribution in [0.1, 0.15) is 27.0 Å². The Morgan fingerprint density at radius 3 is 2.24 bits per heavy atom. The molecule has 7 nitrogen and oxygen atoms in total. The molecule has 0 unspecified atom stereocenters. The van der Waals surface area contributed by atoms with Gasteiger partial charge in [-0.2, -0.15) is 0 Å². The maximum absolute atomic E-state index is 13.1. The molecule has 29 heavy (non-hydrogen) atoms. The van der Waals surface area contributed by atoms with Crippen molar-refractivity contribution in [1.29, 1.82) is 0 Å². The van der Waals surface area contributed by atoms with Crippen LogP contribution in [0.25, 0.3) is 10.1 Å². The highest BCUT2D eigenvalue weighted by Gasteiger charge is 2.27. The summed E-state index contributed by atoms with van der Waals surface area (Å²) in [5, 5.41) is 10.1. The standard InChI is InChI=1S/C19H19NO6S3/c1-10-5-8-16-14(9-10)12(3)19(27-16)29(25,26)20-15-7-6-13(18(21)22)11(2)17(15)28(4,23)24/h5-9,20H,1-4H3,(H,21,22). The van der Waals surface area contributed by atoms with Crippen LogP contribution in [-0.2, 0) is 19.9 Å². The smallest absolute Gasteiger partial charge is 0.335 e. The molecule has 0 aliphatic rings. The largest absolute Gasteiger partial charge is 0.478 e. The molecule has 10 heteroatoms. The number of sulfonamides is 1. The number of carboxylic acid groups (broad SMARTS) is 1. The number of carboxylic acids is 1. The molecule has 0 radical (unpaired) electrons. The predicted octanol–water partition coefficient (Wildman–Crippen LogP) is 3.73. The first-order chi connectivity index (χ1) is 13.3. The van der Waals surface area contributed by atoms with Crippen LogP contribution in [0, 0.1) is 20.8 Å². The fraction of sp³-hybridized carbons (Fsp3) is 0.211. The number of carbonyl (C=O) groups is 1. The van der Waals surface area contributed by atoms with Crippen LogP contribution < -0.4 is 4.72 Å². The van der Waals surface area contributed by atoms with Gasteiger partial charge >= 0.3 is 5.97 Å². The minimum atomic E-state index is -4.09. The van der Waals surface area contributed by atoms with E-state index in [4.69, 9.17) is 0 Å². The van der Waals surface area contributed by atoms with Crippen molar-refractivity contribution in [1.82, 2.24) is 0 Å². The minimum Gasteiger partial charge on any atom is -0.478 e. The average Bonchev–Trinajstić information content (AvgIpc) is 2.90. The van der Waals surface area contributed by atoms with E-state index in [9.17, 15) is 26.7 Å². The second-order valence-corrected chi connectivity index (χ2v) is 11.7. The first-order valence-corrected chi connectivity index (χ1v) is 12.6. The topological polar surface area (TPSA) is 118 Å². The molecule has 0 aliphatic heterocycles. The highest BCUT2D eigenvalue weighted by atomic mass is 32.2. The highest BCUT2D eigenvalue weighted by molar-refractivity contribution is 7.95. The van der Waals surface area contributed by atoms with Gasteiger partial charge in [-0.25, -0.2) is 21.6 Å². The minimum absolute atomic E-state index is 0.0242. The van der Waals surface area contributed by atoms with Gasteiger partial charge < -0.3 is 5.11 Å². The number of anilines is 1. The van der Waals surface area contributed by atoms with Gasteiger partial charge in [0.2, 0.25) is 0 Å². The maximum atomic E-state index is 13.1. The number of aryl methyl sites for hydroxylation is 2. The summed E-state index contributed by atoms with van der Waals surface area (Å²) >= 11 is 1.09. The zero-order chi connectivity index (χ0) is 21.7. The number of nitrogens with one attached hydrogen (secondary N) is 1. The van der Waals surface area contributed by atoms with Crippen LogP contribution in [0.4, 0.5) is 5.69 Å². The van der Waals surface area contributed by atoms with E-state index in [0.717, 1.165) is 39.3 Å². The third kappa shape index (κ3) is 3.87. The fourth-order valence-electron chi connectivity index (χ4n) is 3.24. The second-order valence-electron chi connectivity index (χ2n) is 6.81. The van der Waals surface area contributed by atoms with Gasteiger partial charge in [-0.15, -0.1) is 11.3 Å². The Hall–Kier alpha value is -2.43. The lowest BCUT2D eigenvalue weighted by atomic mass is 10.1. The Morgan fingerprint density at radius 2 is 1.66 bits per heavy atom. The molecule has 0 amide bonds. The van der Waals surface area contributed by atoms with Gasteiger partial charge in [0.05, 0.1) is 16.1 Å². The molecule has 1 heterocycles. The summed E-state index contributed by atoms with van der Waals surface area (Å²) in [7, 11) is -8.00. The zero-order valence-corrected chi connectivity index (χ0v) is 18.5. The molecule has 0 saturated heterocycles. The van der Waals surface area contributed by atoms with Gasteiger partial charge in [0.15, 0.2) is 9.84 Å². The Kier molecular flexibility index (Phi) is 5.22. The van der Waals surface area contributed by atoms with Crippen molar-refractivity contribution in [2.75, 3.05) is 11.0 Å². The lowest BCUT2D eigenvalue weighted by Gasteiger charge is -2.15. The van der Waals surface area contributed by atoms with E-state index in [2.05, 4.69) is 4.72 Å². The van der Waals surface area contributed by atoms with Crippen LogP contribution in [0.15, 0.2) is 39.4 Å². The maximum Gasteiger partial charge on any atom is 0.335 e. The summed E-state index contributed by atoms with van der Waals surface area (Å²) in [6.07, 6.45) is 0.909. The number of benzene rings is 2. The lowest BCUT2D eigenvalue weighted by Crippen LogP contribution is -2.17. The van der Waals surface area contributed by atoms with Gasteiger partial charge in [0, 0.05) is 11.0 Å². The van der Waals surface area contributed by atoms with Crippen molar-refractivity contribution < 1.29 is 26.7 Å². The van der Waals surface area contributed by atoms with Gasteiger partial charge in [-0.05, 0) is 55.5 Å². The van der Waals surface area contributed by atoms with Gasteiger partial charge in [-0.3, -0.25) is 4.72 Å². The first kappa shape index (κ1) is 21.3. The molecule has 0 saturated carbocycles. The molecule has 2 aromatic carbocycles. The van der Waals surface area contributed by atoms with Crippen LogP contribution in [0.3, 0.4) is 0 Å². The molecular formula is C19H19NO6S3. The third-order valence-corrected chi connectivity index (χ3v) is 9.07. The number of hydrogen-bond donors (Lipinski definition) is 2. The number of fused-ring (bicyclic) bond motifs is 1. The van der Waals surface area contributed by atoms with E-state index in [1.54, 1.807) is 6.92 Å². The summed E-state index contributed by atoms with van der Waals surface area (Å²) in [5.74, 6) is -1.29. The van der Waals surface area contributed by atoms with E-state index in [1.807, 2.05) is 25.1 Å². The van der Waals surface area contributed by atoms with Crippen LogP contribution in [0.5, 0.6) is 0 Å². The number of aromatic carboxylic acids is 1. The molecule has 0 fully saturated rings. The monoisotopic (exact) mass is 453 g/mol. The van der Waals surface area contributed by atoms with Crippen molar-refractivity contribution in [2.24, 2.45) is 0 Å². The molecule has 1 aromatic heterocycles. The predicted molar refractivity (Wildman–Crippen MR) is 113 cm³/mol. The van der Waals surface area contributed by atoms with E-state index in [0.29, 0.717) is 5.56 Å². The van der Waals surface area contributed by atoms with Gasteiger partial charge in [0.1, 0.15) is 4.21 Å². The van der Waals surface area contributed by atoms with Crippen molar-refractivity contribution in [3.63, 3.8) is 0 Å². The average molecular weight is 454 g/mol. The van der Waals surface area contributed by atoms with Crippen LogP contribution in [-0.4, -0.2) is 34.2 Å². The van der Waals surface area contributed by atoms with Gasteiger partial charge in [-0.1, -0.05) is 17.7 Å². The van der Waals surface area contributed by atoms with E-state index in [-0.39, 0.29) is 25.9 Å². The Bertz CT molecular complexity index is 1370. The molecule has 0 bridgehead atoms. The second kappa shape index (κ2) is 7.12. The van der Waals surface area contributed by atoms with Crippen LogP contribution >= 0.6 is 11.3 Å². The highest BCUT2D eigenvalue weighted by Crippen LogP contribution is 2.37. The summed E-state index contributed by atoms with van der Waals surface area (Å²) in [6, 6.07) is 7.98. The lowest BCUT2D eigenvalue weighted by molar-refractivity contribution is 0.0696.